The predicted molar refractivity (Wildman–Crippen MR) is 103 cm³/mol. The Kier molecular flexibility index (Phi) is 5.15. The van der Waals surface area contributed by atoms with Gasteiger partial charge in [-0.1, -0.05) is 34.1 Å². The maximum Gasteiger partial charge on any atom is 0.255 e. The van der Waals surface area contributed by atoms with Gasteiger partial charge < -0.3 is 5.32 Å². The first kappa shape index (κ1) is 18.2. The van der Waals surface area contributed by atoms with Crippen LogP contribution in [0.25, 0.3) is 11.3 Å². The zero-order chi connectivity index (χ0) is 18.7. The second-order valence-electron chi connectivity index (χ2n) is 5.57. The van der Waals surface area contributed by atoms with E-state index >= 15 is 0 Å². The van der Waals surface area contributed by atoms with E-state index in [1.807, 2.05) is 6.07 Å². The lowest BCUT2D eigenvalue weighted by Crippen LogP contribution is -2.11. The van der Waals surface area contributed by atoms with Gasteiger partial charge in [0.1, 0.15) is 0 Å². The maximum absolute atomic E-state index is 12.3. The number of benzene rings is 2. The number of rotatable bonds is 4. The molecule has 0 spiro atoms. The molecule has 0 radical (unpaired) electrons. The Hall–Kier alpha value is -2.58. The lowest BCUT2D eigenvalue weighted by Gasteiger charge is -2.08. The average molecular weight is 432 g/mol. The second kappa shape index (κ2) is 7.35. The van der Waals surface area contributed by atoms with Crippen molar-refractivity contribution in [2.24, 2.45) is 0 Å². The van der Waals surface area contributed by atoms with Crippen molar-refractivity contribution in [1.82, 2.24) is 10.2 Å². The van der Waals surface area contributed by atoms with Crippen LogP contribution in [0.4, 0.5) is 5.69 Å². The topological polar surface area (TPSA) is 89.0 Å². The molecule has 1 aromatic heterocycles. The van der Waals surface area contributed by atoms with E-state index in [0.717, 1.165) is 10.7 Å². The van der Waals surface area contributed by atoms with Crippen LogP contribution >= 0.6 is 15.9 Å². The molecule has 0 aliphatic carbocycles. The van der Waals surface area contributed by atoms with E-state index < -0.39 is 9.84 Å². The van der Waals surface area contributed by atoms with Gasteiger partial charge in [0.25, 0.3) is 5.91 Å². The molecule has 0 saturated carbocycles. The number of nitrogens with zero attached hydrogens (tertiary/aromatic N) is 2. The molecule has 132 valence electrons. The summed E-state index contributed by atoms with van der Waals surface area (Å²) in [5.74, 6) is -0.234. The average Bonchev–Trinajstić information content (AvgIpc) is 2.61. The van der Waals surface area contributed by atoms with Crippen LogP contribution in [0, 0.1) is 0 Å². The lowest BCUT2D eigenvalue weighted by molar-refractivity contribution is 0.102. The molecule has 1 N–H and O–H groups in total. The van der Waals surface area contributed by atoms with Crippen molar-refractivity contribution in [2.75, 3.05) is 11.6 Å². The van der Waals surface area contributed by atoms with Crippen LogP contribution in [-0.2, 0) is 9.84 Å². The molecule has 0 aliphatic rings. The summed E-state index contributed by atoms with van der Waals surface area (Å²) < 4.78 is 23.7. The fraction of sp³-hybridized carbons (Fsp3) is 0.0556. The molecule has 3 aromatic rings. The molecule has 0 bridgehead atoms. The van der Waals surface area contributed by atoms with Crippen LogP contribution in [0.3, 0.4) is 0 Å². The van der Waals surface area contributed by atoms with Crippen molar-refractivity contribution < 1.29 is 13.2 Å². The van der Waals surface area contributed by atoms with Gasteiger partial charge in [0, 0.05) is 27.5 Å². The van der Waals surface area contributed by atoms with Crippen molar-refractivity contribution in [3.05, 3.63) is 70.7 Å². The number of hydrogen-bond donors (Lipinski definition) is 1. The van der Waals surface area contributed by atoms with Crippen molar-refractivity contribution in [1.29, 1.82) is 0 Å². The number of anilines is 1. The molecule has 0 unspecified atom stereocenters. The Morgan fingerprint density at radius 2 is 1.77 bits per heavy atom. The summed E-state index contributed by atoms with van der Waals surface area (Å²) >= 11 is 3.34. The summed E-state index contributed by atoms with van der Waals surface area (Å²) in [6.07, 6.45) is 1.08. The number of halogens is 1. The summed E-state index contributed by atoms with van der Waals surface area (Å²) in [4.78, 5) is 12.3. The first-order valence-corrected chi connectivity index (χ1v) is 10.2. The van der Waals surface area contributed by atoms with Crippen LogP contribution in [0.2, 0.25) is 0 Å². The van der Waals surface area contributed by atoms with Crippen molar-refractivity contribution in [3.8, 4) is 11.3 Å². The number of nitrogens with one attached hydrogen (secondary N) is 1. The molecule has 8 heteroatoms. The summed E-state index contributed by atoms with van der Waals surface area (Å²) in [7, 11) is -3.39. The molecule has 1 heterocycles. The Morgan fingerprint density at radius 3 is 2.42 bits per heavy atom. The summed E-state index contributed by atoms with van der Waals surface area (Å²) in [6.45, 7) is 0. The molecule has 0 atom stereocenters. The quantitative estimate of drug-likeness (QED) is 0.681. The van der Waals surface area contributed by atoms with Gasteiger partial charge in [-0.3, -0.25) is 4.79 Å². The maximum atomic E-state index is 12.3. The minimum Gasteiger partial charge on any atom is -0.322 e. The third-order valence-corrected chi connectivity index (χ3v) is 4.99. The highest BCUT2D eigenvalue weighted by Crippen LogP contribution is 2.22. The second-order valence-corrected chi connectivity index (χ2v) is 8.45. The minimum absolute atomic E-state index is 0.0830. The van der Waals surface area contributed by atoms with E-state index in [1.54, 1.807) is 48.5 Å². The Balaban J connectivity index is 1.83. The standard InChI is InChI=1S/C18H14BrN3O3S/c1-26(24,25)17-9-8-16(21-22-17)12-4-3-7-15(11-12)20-18(23)13-5-2-6-14(19)10-13/h2-11H,1H3,(H,20,23). The lowest BCUT2D eigenvalue weighted by atomic mass is 10.1. The SMILES string of the molecule is CS(=O)(=O)c1ccc(-c2cccc(NC(=O)c3cccc(Br)c3)c2)nn1. The van der Waals surface area contributed by atoms with Crippen molar-refractivity contribution >= 4 is 37.4 Å². The van der Waals surface area contributed by atoms with Crippen LogP contribution < -0.4 is 5.32 Å². The first-order chi connectivity index (χ1) is 12.3. The van der Waals surface area contributed by atoms with Gasteiger partial charge in [0.05, 0.1) is 5.69 Å². The molecule has 6 nitrogen and oxygen atoms in total. The molecule has 0 fully saturated rings. The molecular formula is C18H14BrN3O3S. The van der Waals surface area contributed by atoms with E-state index in [2.05, 4.69) is 31.4 Å². The molecule has 26 heavy (non-hydrogen) atoms. The molecule has 2 aromatic carbocycles. The Labute approximate surface area is 159 Å². The van der Waals surface area contributed by atoms with Gasteiger partial charge in [-0.2, -0.15) is 0 Å². The molecule has 3 rings (SSSR count). The number of sulfone groups is 1. The summed E-state index contributed by atoms with van der Waals surface area (Å²) in [5, 5.41) is 10.4. The van der Waals surface area contributed by atoms with Gasteiger partial charge in [0.2, 0.25) is 0 Å². The van der Waals surface area contributed by atoms with Gasteiger partial charge in [-0.15, -0.1) is 10.2 Å². The van der Waals surface area contributed by atoms with Crippen LogP contribution in [0.5, 0.6) is 0 Å². The molecule has 0 aliphatic heterocycles. The fourth-order valence-corrected chi connectivity index (χ4v) is 3.16. The fourth-order valence-electron chi connectivity index (χ4n) is 2.26. The zero-order valence-corrected chi connectivity index (χ0v) is 16.1. The van der Waals surface area contributed by atoms with E-state index in [9.17, 15) is 13.2 Å². The Bertz CT molecular complexity index is 1070. The number of carbonyl (C=O) groups excluding carboxylic acids is 1. The summed E-state index contributed by atoms with van der Waals surface area (Å²) in [6, 6.07) is 17.2. The zero-order valence-electron chi connectivity index (χ0n) is 13.7. The third kappa shape index (κ3) is 4.33. The van der Waals surface area contributed by atoms with Gasteiger partial charge in [0.15, 0.2) is 14.9 Å². The van der Waals surface area contributed by atoms with Crippen LogP contribution in [-0.4, -0.2) is 30.8 Å². The van der Waals surface area contributed by atoms with Gasteiger partial charge in [-0.05, 0) is 42.5 Å². The van der Waals surface area contributed by atoms with Crippen LogP contribution in [0.1, 0.15) is 10.4 Å². The highest BCUT2D eigenvalue weighted by molar-refractivity contribution is 9.10. The number of carbonyl (C=O) groups is 1. The minimum atomic E-state index is -3.39. The van der Waals surface area contributed by atoms with E-state index in [1.165, 1.54) is 6.07 Å². The largest absolute Gasteiger partial charge is 0.322 e. The van der Waals surface area contributed by atoms with E-state index in [4.69, 9.17) is 0 Å². The normalized spacial score (nSPS) is 11.2. The van der Waals surface area contributed by atoms with Crippen molar-refractivity contribution in [3.63, 3.8) is 0 Å². The van der Waals surface area contributed by atoms with Gasteiger partial charge in [-0.25, -0.2) is 8.42 Å². The number of aromatic nitrogens is 2. The van der Waals surface area contributed by atoms with E-state index in [-0.39, 0.29) is 10.9 Å². The third-order valence-electron chi connectivity index (χ3n) is 3.52. The number of hydrogen-bond acceptors (Lipinski definition) is 5. The highest BCUT2D eigenvalue weighted by Gasteiger charge is 2.11. The molecule has 1 amide bonds. The van der Waals surface area contributed by atoms with Crippen LogP contribution in [0.15, 0.2) is 70.2 Å². The summed E-state index contributed by atoms with van der Waals surface area (Å²) in [5.41, 5.74) is 2.35. The highest BCUT2D eigenvalue weighted by atomic mass is 79.9. The Morgan fingerprint density at radius 1 is 1.00 bits per heavy atom. The van der Waals surface area contributed by atoms with Gasteiger partial charge >= 0.3 is 0 Å². The molecule has 0 saturated heterocycles. The van der Waals surface area contributed by atoms with E-state index in [0.29, 0.717) is 22.5 Å². The number of amides is 1. The predicted octanol–water partition coefficient (Wildman–Crippen LogP) is 3.56. The first-order valence-electron chi connectivity index (χ1n) is 7.54. The van der Waals surface area contributed by atoms with Crippen molar-refractivity contribution in [2.45, 2.75) is 5.03 Å². The molecular weight excluding hydrogens is 418 g/mol. The monoisotopic (exact) mass is 431 g/mol. The smallest absolute Gasteiger partial charge is 0.255 e.